The van der Waals surface area contributed by atoms with Gasteiger partial charge >= 0.3 is 0 Å². The second-order valence-electron chi connectivity index (χ2n) is 7.83. The molecular weight excluding hydrogens is 420 g/mol. The predicted octanol–water partition coefficient (Wildman–Crippen LogP) is 5.00. The van der Waals surface area contributed by atoms with Crippen molar-refractivity contribution in [3.8, 4) is 16.3 Å². The Hall–Kier alpha value is -3.45. The number of amides is 1. The molecule has 0 bridgehead atoms. The van der Waals surface area contributed by atoms with Crippen LogP contribution < -0.4 is 10.1 Å². The first-order valence-electron chi connectivity index (χ1n) is 10.3. The van der Waals surface area contributed by atoms with Gasteiger partial charge in [0, 0.05) is 25.0 Å². The number of nitrogens with zero attached hydrogens (tertiary/aromatic N) is 3. The molecule has 4 rings (SSSR count). The Morgan fingerprint density at radius 2 is 1.88 bits per heavy atom. The second-order valence-corrected chi connectivity index (χ2v) is 8.83. The van der Waals surface area contributed by atoms with Crippen LogP contribution in [0.2, 0.25) is 0 Å². The average Bonchev–Trinajstić information content (AvgIpc) is 3.37. The normalized spacial score (nSPS) is 11.9. The number of carbonyl (C=O) groups excluding carboxylic acids is 1. The predicted molar refractivity (Wildman–Crippen MR) is 127 cm³/mol. The van der Waals surface area contributed by atoms with Gasteiger partial charge in [0.2, 0.25) is 0 Å². The van der Waals surface area contributed by atoms with Crippen molar-refractivity contribution in [3.05, 3.63) is 87.9 Å². The van der Waals surface area contributed by atoms with Crippen molar-refractivity contribution in [3.63, 3.8) is 0 Å². The molecule has 1 atom stereocenters. The highest BCUT2D eigenvalue weighted by Gasteiger charge is 2.24. The second kappa shape index (κ2) is 8.96. The standard InChI is InChI=1S/C25H26N4O2S/c1-15-6-11-20(16(2)14-15)25-27-17(3)22(32-25)24(30)28-21(23-26-12-13-29(23)4)18-7-9-19(31-5)10-8-18/h6-14,21H,1-5H3,(H,28,30). The number of nitrogens with one attached hydrogen (secondary N) is 1. The van der Waals surface area contributed by atoms with Crippen LogP contribution in [0.15, 0.2) is 54.9 Å². The molecule has 0 fully saturated rings. The van der Waals surface area contributed by atoms with Crippen LogP contribution in [0.3, 0.4) is 0 Å². The van der Waals surface area contributed by atoms with E-state index in [0.29, 0.717) is 4.88 Å². The Balaban J connectivity index is 1.66. The SMILES string of the molecule is COc1ccc(C(NC(=O)c2sc(-c3ccc(C)cc3C)nc2C)c2nccn2C)cc1. The van der Waals surface area contributed by atoms with Gasteiger partial charge in [-0.15, -0.1) is 11.3 Å². The van der Waals surface area contributed by atoms with E-state index in [1.54, 1.807) is 13.3 Å². The molecule has 1 N–H and O–H groups in total. The molecule has 0 aliphatic rings. The van der Waals surface area contributed by atoms with E-state index in [1.165, 1.54) is 16.9 Å². The number of ether oxygens (including phenoxy) is 1. The summed E-state index contributed by atoms with van der Waals surface area (Å²) in [6.07, 6.45) is 3.60. The molecule has 0 spiro atoms. The summed E-state index contributed by atoms with van der Waals surface area (Å²) in [5.41, 5.74) is 5.05. The van der Waals surface area contributed by atoms with E-state index in [-0.39, 0.29) is 5.91 Å². The number of rotatable bonds is 6. The van der Waals surface area contributed by atoms with E-state index in [9.17, 15) is 4.79 Å². The number of hydrogen-bond acceptors (Lipinski definition) is 5. The van der Waals surface area contributed by atoms with Crippen molar-refractivity contribution in [1.29, 1.82) is 0 Å². The zero-order valence-corrected chi connectivity index (χ0v) is 19.7. The molecule has 6 nitrogen and oxygen atoms in total. The molecule has 0 aliphatic heterocycles. The summed E-state index contributed by atoms with van der Waals surface area (Å²) in [7, 11) is 3.55. The number of carbonyl (C=O) groups is 1. The summed E-state index contributed by atoms with van der Waals surface area (Å²) in [4.78, 5) is 23.1. The van der Waals surface area contributed by atoms with Crippen molar-refractivity contribution in [1.82, 2.24) is 19.9 Å². The van der Waals surface area contributed by atoms with Crippen LogP contribution in [0.1, 0.15) is 43.9 Å². The van der Waals surface area contributed by atoms with Crippen molar-refractivity contribution in [2.75, 3.05) is 7.11 Å². The van der Waals surface area contributed by atoms with E-state index in [2.05, 4.69) is 42.3 Å². The van der Waals surface area contributed by atoms with Gasteiger partial charge in [0.05, 0.1) is 12.8 Å². The number of benzene rings is 2. The smallest absolute Gasteiger partial charge is 0.264 e. The fraction of sp³-hybridized carbons (Fsp3) is 0.240. The minimum Gasteiger partial charge on any atom is -0.497 e. The molecule has 164 valence electrons. The fourth-order valence-corrected chi connectivity index (χ4v) is 4.78. The molecule has 0 radical (unpaired) electrons. The molecule has 0 aliphatic carbocycles. The Morgan fingerprint density at radius 1 is 1.12 bits per heavy atom. The highest BCUT2D eigenvalue weighted by atomic mass is 32.1. The quantitative estimate of drug-likeness (QED) is 0.453. The van der Waals surface area contributed by atoms with Crippen molar-refractivity contribution in [2.45, 2.75) is 26.8 Å². The molecule has 0 saturated carbocycles. The summed E-state index contributed by atoms with van der Waals surface area (Å²) in [5.74, 6) is 1.34. The molecule has 32 heavy (non-hydrogen) atoms. The maximum Gasteiger partial charge on any atom is 0.264 e. The van der Waals surface area contributed by atoms with E-state index in [4.69, 9.17) is 9.72 Å². The number of aryl methyl sites for hydroxylation is 4. The van der Waals surface area contributed by atoms with Crippen LogP contribution in [0.25, 0.3) is 10.6 Å². The van der Waals surface area contributed by atoms with Gasteiger partial charge in [0.25, 0.3) is 5.91 Å². The molecule has 7 heteroatoms. The molecule has 2 heterocycles. The summed E-state index contributed by atoms with van der Waals surface area (Å²) in [6.45, 7) is 6.01. The van der Waals surface area contributed by atoms with Crippen molar-refractivity contribution >= 4 is 17.2 Å². The Kier molecular flexibility index (Phi) is 6.10. The molecule has 0 saturated heterocycles. The first kappa shape index (κ1) is 21.8. The van der Waals surface area contributed by atoms with Crippen LogP contribution in [0.4, 0.5) is 0 Å². The highest BCUT2D eigenvalue weighted by molar-refractivity contribution is 7.17. The van der Waals surface area contributed by atoms with Crippen LogP contribution in [0.5, 0.6) is 5.75 Å². The lowest BCUT2D eigenvalue weighted by Crippen LogP contribution is -2.31. The van der Waals surface area contributed by atoms with E-state index < -0.39 is 6.04 Å². The van der Waals surface area contributed by atoms with Gasteiger partial charge in [-0.05, 0) is 44.0 Å². The maximum absolute atomic E-state index is 13.4. The van der Waals surface area contributed by atoms with Crippen LogP contribution >= 0.6 is 11.3 Å². The lowest BCUT2D eigenvalue weighted by atomic mass is 10.1. The van der Waals surface area contributed by atoms with Crippen molar-refractivity contribution < 1.29 is 9.53 Å². The summed E-state index contributed by atoms with van der Waals surface area (Å²) < 4.78 is 7.19. The number of methoxy groups -OCH3 is 1. The van der Waals surface area contributed by atoms with E-state index in [1.807, 2.05) is 49.0 Å². The molecule has 1 amide bonds. The molecule has 2 aromatic heterocycles. The van der Waals surface area contributed by atoms with Crippen LogP contribution in [-0.2, 0) is 7.05 Å². The molecule has 2 aromatic carbocycles. The average molecular weight is 447 g/mol. The monoisotopic (exact) mass is 446 g/mol. The summed E-state index contributed by atoms with van der Waals surface area (Å²) in [6, 6.07) is 13.5. The fourth-order valence-electron chi connectivity index (χ4n) is 3.72. The first-order valence-corrected chi connectivity index (χ1v) is 11.2. The lowest BCUT2D eigenvalue weighted by molar-refractivity contribution is 0.0944. The van der Waals surface area contributed by atoms with E-state index in [0.717, 1.165) is 39.0 Å². The number of imidazole rings is 1. The third kappa shape index (κ3) is 4.29. The largest absolute Gasteiger partial charge is 0.497 e. The third-order valence-electron chi connectivity index (χ3n) is 5.46. The van der Waals surface area contributed by atoms with Gasteiger partial charge in [-0.1, -0.05) is 35.9 Å². The number of thiazole rings is 1. The lowest BCUT2D eigenvalue weighted by Gasteiger charge is -2.19. The molecule has 4 aromatic rings. The zero-order chi connectivity index (χ0) is 22.8. The van der Waals surface area contributed by atoms with Gasteiger partial charge in [-0.3, -0.25) is 4.79 Å². The summed E-state index contributed by atoms with van der Waals surface area (Å²) in [5, 5.41) is 4.02. The Morgan fingerprint density at radius 3 is 2.50 bits per heavy atom. The van der Waals surface area contributed by atoms with Gasteiger partial charge in [0.15, 0.2) is 0 Å². The highest BCUT2D eigenvalue weighted by Crippen LogP contribution is 2.31. The number of hydrogen-bond donors (Lipinski definition) is 1. The summed E-state index contributed by atoms with van der Waals surface area (Å²) >= 11 is 1.42. The number of aromatic nitrogens is 3. The van der Waals surface area contributed by atoms with Gasteiger partial charge in [-0.25, -0.2) is 9.97 Å². The minimum absolute atomic E-state index is 0.167. The van der Waals surface area contributed by atoms with Gasteiger partial charge in [-0.2, -0.15) is 0 Å². The van der Waals surface area contributed by atoms with E-state index >= 15 is 0 Å². The maximum atomic E-state index is 13.4. The van der Waals surface area contributed by atoms with Crippen LogP contribution in [-0.4, -0.2) is 27.6 Å². The topological polar surface area (TPSA) is 69.0 Å². The molecular formula is C25H26N4O2S. The third-order valence-corrected chi connectivity index (χ3v) is 6.65. The zero-order valence-electron chi connectivity index (χ0n) is 18.8. The van der Waals surface area contributed by atoms with Crippen LogP contribution in [0, 0.1) is 20.8 Å². The minimum atomic E-state index is -0.403. The Labute approximate surface area is 191 Å². The van der Waals surface area contributed by atoms with Gasteiger partial charge < -0.3 is 14.6 Å². The van der Waals surface area contributed by atoms with Gasteiger partial charge in [0.1, 0.15) is 27.5 Å². The molecule has 1 unspecified atom stereocenters. The Bertz CT molecular complexity index is 1260. The van der Waals surface area contributed by atoms with Crippen molar-refractivity contribution in [2.24, 2.45) is 7.05 Å². The first-order chi connectivity index (χ1) is 15.4.